The molecule has 2 unspecified atom stereocenters. The first-order chi connectivity index (χ1) is 19.9. The molecule has 41 heavy (non-hydrogen) atoms. The molecule has 0 aliphatic carbocycles. The Kier molecular flexibility index (Phi) is 30.6. The van der Waals surface area contributed by atoms with Crippen LogP contribution < -0.4 is 5.73 Å². The largest absolute Gasteiger partial charge is 0.472 e. The smallest absolute Gasteiger partial charge is 0.457 e. The second-order valence-electron chi connectivity index (χ2n) is 11.4. The Balaban J connectivity index is 4.05. The Hall–Kier alpha value is -0.500. The van der Waals surface area contributed by atoms with Crippen molar-refractivity contribution in [2.45, 2.75) is 168 Å². The van der Waals surface area contributed by atoms with E-state index in [1.54, 1.807) is 0 Å². The zero-order valence-corrected chi connectivity index (χ0v) is 27.7. The lowest BCUT2D eigenvalue weighted by Gasteiger charge is -2.20. The molecule has 0 aromatic heterocycles. The number of hydrogen-bond donors (Lipinski definition) is 2. The fourth-order valence-electron chi connectivity index (χ4n) is 4.76. The normalized spacial score (nSPS) is 13.8. The lowest BCUT2D eigenvalue weighted by molar-refractivity contribution is -0.154. The summed E-state index contributed by atoms with van der Waals surface area (Å²) < 4.78 is 33.1. The van der Waals surface area contributed by atoms with E-state index < -0.39 is 13.9 Å². The van der Waals surface area contributed by atoms with Crippen molar-refractivity contribution in [1.29, 1.82) is 0 Å². The van der Waals surface area contributed by atoms with Crippen LogP contribution in [0.3, 0.4) is 0 Å². The summed E-state index contributed by atoms with van der Waals surface area (Å²) in [5.41, 5.74) is 5.33. The highest BCUT2D eigenvalue weighted by Crippen LogP contribution is 2.43. The van der Waals surface area contributed by atoms with Crippen LogP contribution in [0.25, 0.3) is 0 Å². The average molecular weight is 608 g/mol. The summed E-state index contributed by atoms with van der Waals surface area (Å²) in [5.74, 6) is -0.333. The Labute approximate surface area is 252 Å². The molecule has 3 N–H and O–H groups in total. The van der Waals surface area contributed by atoms with Gasteiger partial charge in [0.15, 0.2) is 0 Å². The predicted octanol–water partition coefficient (Wildman–Crippen LogP) is 9.02. The third-order valence-electron chi connectivity index (χ3n) is 7.27. The van der Waals surface area contributed by atoms with Gasteiger partial charge in [0.1, 0.15) is 6.10 Å². The number of nitrogens with two attached hydrogens (primary N) is 1. The molecule has 0 amide bonds. The van der Waals surface area contributed by atoms with Crippen molar-refractivity contribution in [2.24, 2.45) is 5.73 Å². The van der Waals surface area contributed by atoms with Gasteiger partial charge in [-0.3, -0.25) is 13.8 Å². The van der Waals surface area contributed by atoms with Crippen LogP contribution in [-0.2, 0) is 27.9 Å². The minimum Gasteiger partial charge on any atom is -0.457 e. The molecule has 0 heterocycles. The number of carbonyl (C=O) groups is 1. The molecule has 0 bridgehead atoms. The van der Waals surface area contributed by atoms with E-state index in [4.69, 9.17) is 24.3 Å². The maximum atomic E-state index is 12.4. The summed E-state index contributed by atoms with van der Waals surface area (Å²) in [6.07, 6.45) is 26.9. The van der Waals surface area contributed by atoms with Gasteiger partial charge in [0.05, 0.1) is 19.8 Å². The molecule has 0 fully saturated rings. The van der Waals surface area contributed by atoms with E-state index in [1.165, 1.54) is 109 Å². The lowest BCUT2D eigenvalue weighted by Crippen LogP contribution is -2.28. The van der Waals surface area contributed by atoms with Crippen molar-refractivity contribution in [3.63, 3.8) is 0 Å². The monoisotopic (exact) mass is 607 g/mol. The second kappa shape index (κ2) is 30.9. The first-order valence-corrected chi connectivity index (χ1v) is 18.5. The maximum absolute atomic E-state index is 12.4. The number of phosphoric ester groups is 1. The molecule has 0 saturated carbocycles. The van der Waals surface area contributed by atoms with E-state index in [9.17, 15) is 14.3 Å². The quantitative estimate of drug-likeness (QED) is 0.0431. The van der Waals surface area contributed by atoms with Gasteiger partial charge in [-0.2, -0.15) is 0 Å². The van der Waals surface area contributed by atoms with Crippen LogP contribution in [0.5, 0.6) is 0 Å². The van der Waals surface area contributed by atoms with Gasteiger partial charge in [0.2, 0.25) is 0 Å². The minimum absolute atomic E-state index is 0.0910. The topological polar surface area (TPSA) is 117 Å². The maximum Gasteiger partial charge on any atom is 0.472 e. The van der Waals surface area contributed by atoms with E-state index in [1.807, 2.05) is 0 Å². The first-order valence-electron chi connectivity index (χ1n) is 17.0. The van der Waals surface area contributed by atoms with Crippen LogP contribution in [0.1, 0.15) is 162 Å². The van der Waals surface area contributed by atoms with Crippen molar-refractivity contribution in [3.05, 3.63) is 0 Å². The Bertz CT molecular complexity index is 609. The summed E-state index contributed by atoms with van der Waals surface area (Å²) in [4.78, 5) is 22.2. The summed E-state index contributed by atoms with van der Waals surface area (Å²) in [6.45, 7) is 4.91. The number of unbranched alkanes of at least 4 members (excludes halogenated alkanes) is 20. The van der Waals surface area contributed by atoms with Crippen LogP contribution in [0, 0.1) is 0 Å². The highest BCUT2D eigenvalue weighted by atomic mass is 31.2. The molecule has 8 nitrogen and oxygen atoms in total. The number of esters is 1. The number of rotatable bonds is 33. The van der Waals surface area contributed by atoms with E-state index in [0.29, 0.717) is 13.0 Å². The standard InChI is InChI=1S/C32H66NO7P/c1-3-5-7-9-11-13-14-15-16-17-18-20-22-24-27-37-29-31(30-39-41(35,36)38-28-26-33)40-32(34)25-23-21-19-12-10-8-6-4-2/h31H,3-30,33H2,1-2H3,(H,35,36). The van der Waals surface area contributed by atoms with Crippen LogP contribution in [0.2, 0.25) is 0 Å². The molecule has 0 radical (unpaired) electrons. The molecule has 0 aromatic carbocycles. The predicted molar refractivity (Wildman–Crippen MR) is 169 cm³/mol. The summed E-state index contributed by atoms with van der Waals surface area (Å²) >= 11 is 0. The van der Waals surface area contributed by atoms with E-state index in [2.05, 4.69) is 13.8 Å². The third-order valence-corrected chi connectivity index (χ3v) is 8.26. The molecule has 0 aromatic rings. The summed E-state index contributed by atoms with van der Waals surface area (Å²) in [7, 11) is -4.25. The molecule has 0 aliphatic rings. The zero-order chi connectivity index (χ0) is 30.3. The van der Waals surface area contributed by atoms with Crippen LogP contribution in [0.15, 0.2) is 0 Å². The van der Waals surface area contributed by atoms with E-state index in [0.717, 1.165) is 32.1 Å². The van der Waals surface area contributed by atoms with Crippen LogP contribution in [-0.4, -0.2) is 49.9 Å². The lowest BCUT2D eigenvalue weighted by atomic mass is 10.0. The van der Waals surface area contributed by atoms with Crippen molar-refractivity contribution in [1.82, 2.24) is 0 Å². The molecule has 246 valence electrons. The van der Waals surface area contributed by atoms with Crippen molar-refractivity contribution in [3.8, 4) is 0 Å². The molecular formula is C32H66NO7P. The van der Waals surface area contributed by atoms with Gasteiger partial charge in [0, 0.05) is 19.6 Å². The fourth-order valence-corrected chi connectivity index (χ4v) is 5.53. The number of ether oxygens (including phenoxy) is 2. The molecular weight excluding hydrogens is 541 g/mol. The van der Waals surface area contributed by atoms with Crippen molar-refractivity contribution < 1.29 is 32.8 Å². The van der Waals surface area contributed by atoms with Gasteiger partial charge in [-0.05, 0) is 12.8 Å². The number of hydrogen-bond acceptors (Lipinski definition) is 7. The van der Waals surface area contributed by atoms with E-state index >= 15 is 0 Å². The molecule has 0 aliphatic heterocycles. The van der Waals surface area contributed by atoms with Gasteiger partial charge in [-0.1, -0.05) is 142 Å². The fraction of sp³-hybridized carbons (Fsp3) is 0.969. The van der Waals surface area contributed by atoms with Crippen molar-refractivity contribution in [2.75, 3.05) is 33.0 Å². The first kappa shape index (κ1) is 40.5. The van der Waals surface area contributed by atoms with Gasteiger partial charge in [-0.25, -0.2) is 4.57 Å². The highest BCUT2D eigenvalue weighted by Gasteiger charge is 2.25. The SMILES string of the molecule is CCCCCCCCCCCCCCCCOCC(COP(=O)(O)OCCN)OC(=O)CCCCCCCCCC. The van der Waals surface area contributed by atoms with Crippen LogP contribution >= 0.6 is 7.82 Å². The summed E-state index contributed by atoms with van der Waals surface area (Å²) in [6, 6.07) is 0. The van der Waals surface area contributed by atoms with Gasteiger partial charge in [0.25, 0.3) is 0 Å². The molecule has 0 spiro atoms. The number of carbonyl (C=O) groups excluding carboxylic acids is 1. The molecule has 9 heteroatoms. The molecule has 2 atom stereocenters. The molecule has 0 saturated heterocycles. The van der Waals surface area contributed by atoms with Gasteiger partial charge >= 0.3 is 13.8 Å². The third kappa shape index (κ3) is 30.8. The summed E-state index contributed by atoms with van der Waals surface area (Å²) in [5, 5.41) is 0. The minimum atomic E-state index is -4.25. The molecule has 0 rings (SSSR count). The highest BCUT2D eigenvalue weighted by molar-refractivity contribution is 7.47. The van der Waals surface area contributed by atoms with Crippen molar-refractivity contribution >= 4 is 13.8 Å². The van der Waals surface area contributed by atoms with Gasteiger partial charge in [-0.15, -0.1) is 0 Å². The second-order valence-corrected chi connectivity index (χ2v) is 12.8. The Morgan fingerprint density at radius 1 is 0.634 bits per heavy atom. The van der Waals surface area contributed by atoms with Gasteiger partial charge < -0.3 is 20.1 Å². The zero-order valence-electron chi connectivity index (χ0n) is 26.8. The number of phosphoric acid groups is 1. The Morgan fingerprint density at radius 3 is 1.54 bits per heavy atom. The Morgan fingerprint density at radius 2 is 1.07 bits per heavy atom. The van der Waals surface area contributed by atoms with Crippen LogP contribution in [0.4, 0.5) is 0 Å². The average Bonchev–Trinajstić information content (AvgIpc) is 2.96. The van der Waals surface area contributed by atoms with E-state index in [-0.39, 0.29) is 32.3 Å².